The van der Waals surface area contributed by atoms with Crippen LogP contribution in [-0.4, -0.2) is 23.5 Å². The van der Waals surface area contributed by atoms with Crippen molar-refractivity contribution in [2.24, 2.45) is 11.3 Å². The summed E-state index contributed by atoms with van der Waals surface area (Å²) in [5.41, 5.74) is 3.93. The average Bonchev–Trinajstić information content (AvgIpc) is 2.57. The largest absolute Gasteiger partial charge is 0.383 e. The van der Waals surface area contributed by atoms with Gasteiger partial charge in [0.1, 0.15) is 0 Å². The molecule has 3 N–H and O–H groups in total. The van der Waals surface area contributed by atoms with Crippen LogP contribution in [0.5, 0.6) is 0 Å². The second-order valence-corrected chi connectivity index (χ2v) is 5.91. The molecule has 17 heavy (non-hydrogen) atoms. The maximum absolute atomic E-state index is 5.67. The first-order chi connectivity index (χ1) is 7.91. The normalized spacial score (nSPS) is 14.0. The maximum atomic E-state index is 5.67. The summed E-state index contributed by atoms with van der Waals surface area (Å²) in [7, 11) is 1.68. The van der Waals surface area contributed by atoms with E-state index in [4.69, 9.17) is 10.6 Å². The van der Waals surface area contributed by atoms with Gasteiger partial charge in [0.15, 0.2) is 0 Å². The van der Waals surface area contributed by atoms with Crippen LogP contribution in [-0.2, 0) is 11.3 Å². The van der Waals surface area contributed by atoms with Gasteiger partial charge in [-0.3, -0.25) is 16.0 Å². The molecule has 0 aromatic carbocycles. The fraction of sp³-hybridized carbons (Fsp3) is 0.727. The number of ether oxygens (including phenoxy) is 1. The van der Waals surface area contributed by atoms with E-state index < -0.39 is 0 Å². The predicted octanol–water partition coefficient (Wildman–Crippen LogP) is 1.84. The summed E-state index contributed by atoms with van der Waals surface area (Å²) < 4.78 is 7.97. The maximum Gasteiger partial charge on any atom is 0.0715 e. The van der Waals surface area contributed by atoms with Gasteiger partial charge in [0.2, 0.25) is 0 Å². The molecule has 6 heteroatoms. The van der Waals surface area contributed by atoms with E-state index in [1.807, 2.05) is 4.68 Å². The van der Waals surface area contributed by atoms with Gasteiger partial charge in [0.05, 0.1) is 35.6 Å². The van der Waals surface area contributed by atoms with E-state index in [2.05, 4.69) is 47.2 Å². The monoisotopic (exact) mass is 304 g/mol. The predicted molar refractivity (Wildman–Crippen MR) is 71.3 cm³/mol. The van der Waals surface area contributed by atoms with Crippen molar-refractivity contribution in [3.05, 3.63) is 16.4 Å². The zero-order chi connectivity index (χ0) is 13.1. The van der Waals surface area contributed by atoms with Gasteiger partial charge < -0.3 is 4.74 Å². The first-order valence-electron chi connectivity index (χ1n) is 5.58. The van der Waals surface area contributed by atoms with Crippen LogP contribution in [0.4, 0.5) is 0 Å². The number of nitrogens with two attached hydrogens (primary N) is 1. The molecule has 0 aliphatic carbocycles. The topological polar surface area (TPSA) is 65.1 Å². The smallest absolute Gasteiger partial charge is 0.0715 e. The lowest BCUT2D eigenvalue weighted by Crippen LogP contribution is -2.38. The second-order valence-electron chi connectivity index (χ2n) is 5.06. The summed E-state index contributed by atoms with van der Waals surface area (Å²) in [4.78, 5) is 0. The zero-order valence-corrected chi connectivity index (χ0v) is 12.4. The molecule has 0 fully saturated rings. The summed E-state index contributed by atoms with van der Waals surface area (Å²) in [5.74, 6) is 5.67. The molecule has 1 heterocycles. The highest BCUT2D eigenvalue weighted by molar-refractivity contribution is 9.10. The Hall–Kier alpha value is -0.430. The minimum Gasteiger partial charge on any atom is -0.383 e. The van der Waals surface area contributed by atoms with Crippen LogP contribution in [0.1, 0.15) is 32.5 Å². The van der Waals surface area contributed by atoms with E-state index in [1.54, 1.807) is 13.3 Å². The standard InChI is InChI=1S/C11H21BrN4O/c1-11(2,3)10(15-13)9-8(12)7-14-16(9)5-6-17-4/h7,10,15H,5-6,13H2,1-4H3. The molecule has 0 spiro atoms. The molecule has 1 atom stereocenters. The molecule has 1 unspecified atom stereocenters. The number of rotatable bonds is 5. The van der Waals surface area contributed by atoms with Crippen LogP contribution in [0.15, 0.2) is 10.7 Å². The van der Waals surface area contributed by atoms with Gasteiger partial charge in [-0.05, 0) is 21.3 Å². The third-order valence-corrected chi connectivity index (χ3v) is 3.26. The van der Waals surface area contributed by atoms with Crippen LogP contribution in [0, 0.1) is 5.41 Å². The van der Waals surface area contributed by atoms with E-state index in [1.165, 1.54) is 0 Å². The SMILES string of the molecule is COCCn1ncc(Br)c1C(NN)C(C)(C)C. The quantitative estimate of drug-likeness (QED) is 0.643. The minimum atomic E-state index is 0.00211. The first-order valence-corrected chi connectivity index (χ1v) is 6.37. The number of nitrogens with zero attached hydrogens (tertiary/aromatic N) is 2. The number of hydrogen-bond donors (Lipinski definition) is 2. The van der Waals surface area contributed by atoms with Crippen molar-refractivity contribution >= 4 is 15.9 Å². The van der Waals surface area contributed by atoms with Gasteiger partial charge in [-0.25, -0.2) is 0 Å². The second kappa shape index (κ2) is 5.95. The number of nitrogens with one attached hydrogen (secondary N) is 1. The van der Waals surface area contributed by atoms with E-state index in [0.29, 0.717) is 13.2 Å². The van der Waals surface area contributed by atoms with Crippen molar-refractivity contribution in [2.75, 3.05) is 13.7 Å². The van der Waals surface area contributed by atoms with Gasteiger partial charge >= 0.3 is 0 Å². The Labute approximate surface area is 111 Å². The van der Waals surface area contributed by atoms with Gasteiger partial charge in [-0.15, -0.1) is 0 Å². The summed E-state index contributed by atoms with van der Waals surface area (Å²) >= 11 is 3.52. The van der Waals surface area contributed by atoms with Crippen LogP contribution >= 0.6 is 15.9 Å². The molecule has 0 saturated carbocycles. The molecular formula is C11H21BrN4O. The number of aromatic nitrogens is 2. The number of hydrogen-bond acceptors (Lipinski definition) is 4. The zero-order valence-electron chi connectivity index (χ0n) is 10.8. The lowest BCUT2D eigenvalue weighted by Gasteiger charge is -2.30. The molecule has 0 saturated heterocycles. The van der Waals surface area contributed by atoms with Crippen molar-refractivity contribution in [2.45, 2.75) is 33.4 Å². The van der Waals surface area contributed by atoms with E-state index in [0.717, 1.165) is 10.2 Å². The molecule has 0 radical (unpaired) electrons. The molecule has 0 amide bonds. The molecule has 1 rings (SSSR count). The van der Waals surface area contributed by atoms with Crippen molar-refractivity contribution in [3.8, 4) is 0 Å². The molecule has 0 aliphatic heterocycles. The van der Waals surface area contributed by atoms with Crippen molar-refractivity contribution in [3.63, 3.8) is 0 Å². The summed E-state index contributed by atoms with van der Waals surface area (Å²) in [5, 5.41) is 4.33. The summed E-state index contributed by atoms with van der Waals surface area (Å²) in [6.07, 6.45) is 1.79. The Morgan fingerprint density at radius 2 is 2.24 bits per heavy atom. The fourth-order valence-corrected chi connectivity index (χ4v) is 2.28. The highest BCUT2D eigenvalue weighted by atomic mass is 79.9. The lowest BCUT2D eigenvalue weighted by molar-refractivity contribution is 0.178. The molecule has 0 bridgehead atoms. The van der Waals surface area contributed by atoms with E-state index in [-0.39, 0.29) is 11.5 Å². The average molecular weight is 305 g/mol. The van der Waals surface area contributed by atoms with Crippen molar-refractivity contribution in [1.29, 1.82) is 0 Å². The summed E-state index contributed by atoms with van der Waals surface area (Å²) in [6.45, 7) is 7.75. The molecule has 98 valence electrons. The van der Waals surface area contributed by atoms with Gasteiger partial charge in [0, 0.05) is 7.11 Å². The number of methoxy groups -OCH3 is 1. The third kappa shape index (κ3) is 3.51. The van der Waals surface area contributed by atoms with E-state index >= 15 is 0 Å². The molecular weight excluding hydrogens is 284 g/mol. The number of hydrazine groups is 1. The Kier molecular flexibility index (Phi) is 5.12. The highest BCUT2D eigenvalue weighted by Gasteiger charge is 2.30. The Morgan fingerprint density at radius 1 is 1.59 bits per heavy atom. The Morgan fingerprint density at radius 3 is 2.71 bits per heavy atom. The van der Waals surface area contributed by atoms with Crippen LogP contribution in [0.25, 0.3) is 0 Å². The van der Waals surface area contributed by atoms with Crippen LogP contribution in [0.2, 0.25) is 0 Å². The van der Waals surface area contributed by atoms with Gasteiger partial charge in [0.25, 0.3) is 0 Å². The van der Waals surface area contributed by atoms with Gasteiger partial charge in [-0.1, -0.05) is 20.8 Å². The number of halogens is 1. The van der Waals surface area contributed by atoms with Crippen LogP contribution < -0.4 is 11.3 Å². The fourth-order valence-electron chi connectivity index (χ4n) is 1.75. The minimum absolute atomic E-state index is 0.00211. The third-order valence-electron chi connectivity index (χ3n) is 2.65. The lowest BCUT2D eigenvalue weighted by atomic mass is 9.85. The molecule has 0 aliphatic rings. The summed E-state index contributed by atoms with van der Waals surface area (Å²) in [6, 6.07) is 0.0243. The Balaban J connectivity index is 3.05. The Bertz CT molecular complexity index is 359. The van der Waals surface area contributed by atoms with E-state index in [9.17, 15) is 0 Å². The first kappa shape index (κ1) is 14.6. The van der Waals surface area contributed by atoms with Crippen LogP contribution in [0.3, 0.4) is 0 Å². The van der Waals surface area contributed by atoms with Gasteiger partial charge in [-0.2, -0.15) is 5.10 Å². The highest BCUT2D eigenvalue weighted by Crippen LogP contribution is 2.35. The molecule has 1 aromatic heterocycles. The molecule has 1 aromatic rings. The van der Waals surface area contributed by atoms with Crippen molar-refractivity contribution < 1.29 is 4.74 Å². The van der Waals surface area contributed by atoms with Crippen molar-refractivity contribution in [1.82, 2.24) is 15.2 Å². The molecule has 5 nitrogen and oxygen atoms in total.